The normalized spacial score (nSPS) is 26.7. The lowest BCUT2D eigenvalue weighted by Crippen LogP contribution is -2.54. The van der Waals surface area contributed by atoms with Gasteiger partial charge in [-0.05, 0) is 24.5 Å². The molecule has 2 aromatic rings. The van der Waals surface area contributed by atoms with Crippen LogP contribution < -0.4 is 38.1 Å². The molecule has 0 amide bonds. The minimum absolute atomic E-state index is 0.0275. The Bertz CT molecular complexity index is 832. The molecule has 2 aliphatic heterocycles. The van der Waals surface area contributed by atoms with E-state index in [4.69, 9.17) is 39.5 Å². The number of nitrogens with zero attached hydrogens (tertiary/aromatic N) is 5. The quantitative estimate of drug-likeness (QED) is 0.418. The fraction of sp³-hybridized carbons (Fsp3) is 0.550. The first kappa shape index (κ1) is 22.0. The zero-order valence-electron chi connectivity index (χ0n) is 17.5. The van der Waals surface area contributed by atoms with Gasteiger partial charge in [-0.3, -0.25) is 0 Å². The van der Waals surface area contributed by atoms with E-state index >= 15 is 0 Å². The van der Waals surface area contributed by atoms with E-state index in [1.165, 1.54) is 0 Å². The van der Waals surface area contributed by atoms with E-state index in [0.717, 1.165) is 18.4 Å². The summed E-state index contributed by atoms with van der Waals surface area (Å²) < 4.78 is 0. The third-order valence-corrected chi connectivity index (χ3v) is 5.97. The molecule has 2 saturated heterocycles. The second-order valence-electron chi connectivity index (χ2n) is 8.53. The number of aromatic nitrogens is 3. The maximum atomic E-state index is 6.30. The summed E-state index contributed by atoms with van der Waals surface area (Å²) in [5, 5.41) is 3.97. The average molecular weight is 447 g/mol. The van der Waals surface area contributed by atoms with Crippen LogP contribution in [0, 0.1) is 0 Å². The summed E-state index contributed by atoms with van der Waals surface area (Å²) in [4.78, 5) is 18.1. The van der Waals surface area contributed by atoms with Crippen LogP contribution >= 0.6 is 11.6 Å². The molecule has 4 rings (SSSR count). The monoisotopic (exact) mass is 446 g/mol. The van der Waals surface area contributed by atoms with Crippen molar-refractivity contribution in [3.63, 3.8) is 0 Å². The summed E-state index contributed by atoms with van der Waals surface area (Å²) in [6.45, 7) is 3.04. The first-order valence-corrected chi connectivity index (χ1v) is 11.0. The minimum Gasteiger partial charge on any atom is -0.350 e. The zero-order chi connectivity index (χ0) is 22.0. The van der Waals surface area contributed by atoms with Gasteiger partial charge >= 0.3 is 0 Å². The third kappa shape index (κ3) is 5.52. The average Bonchev–Trinajstić information content (AvgIpc) is 2.71. The molecule has 0 saturated carbocycles. The molecule has 0 aliphatic carbocycles. The molecule has 1 aromatic heterocycles. The van der Waals surface area contributed by atoms with E-state index in [-0.39, 0.29) is 24.2 Å². The number of rotatable bonds is 5. The van der Waals surface area contributed by atoms with Gasteiger partial charge in [0.1, 0.15) is 0 Å². The Kier molecular flexibility index (Phi) is 6.73. The van der Waals surface area contributed by atoms with Gasteiger partial charge in [0.05, 0.1) is 0 Å². The Hall–Kier alpha value is -2.24. The van der Waals surface area contributed by atoms with Crippen molar-refractivity contribution >= 4 is 29.4 Å². The Balaban J connectivity index is 1.62. The van der Waals surface area contributed by atoms with E-state index < -0.39 is 0 Å². The van der Waals surface area contributed by atoms with Gasteiger partial charge in [-0.1, -0.05) is 29.8 Å². The van der Waals surface area contributed by atoms with E-state index in [9.17, 15) is 0 Å². The molecule has 11 heteroatoms. The number of nitrogens with one attached hydrogen (secondary N) is 1. The Morgan fingerprint density at radius 1 is 0.806 bits per heavy atom. The van der Waals surface area contributed by atoms with Gasteiger partial charge in [0.15, 0.2) is 0 Å². The topological polar surface area (TPSA) is 161 Å². The van der Waals surface area contributed by atoms with Crippen molar-refractivity contribution in [3.8, 4) is 0 Å². The number of anilines is 3. The number of benzene rings is 1. The Labute approximate surface area is 187 Å². The molecule has 0 unspecified atom stereocenters. The summed E-state index contributed by atoms with van der Waals surface area (Å²) in [6.07, 6.45) is 1.56. The fourth-order valence-corrected chi connectivity index (χ4v) is 4.42. The van der Waals surface area contributed by atoms with Crippen molar-refractivity contribution in [3.05, 3.63) is 34.9 Å². The molecule has 4 atom stereocenters. The number of hydrogen-bond acceptors (Lipinski definition) is 10. The highest BCUT2D eigenvalue weighted by atomic mass is 35.5. The van der Waals surface area contributed by atoms with Crippen LogP contribution in [-0.4, -0.2) is 65.3 Å². The second kappa shape index (κ2) is 9.49. The van der Waals surface area contributed by atoms with E-state index in [0.29, 0.717) is 55.6 Å². The summed E-state index contributed by atoms with van der Waals surface area (Å²) >= 11 is 6.30. The first-order valence-electron chi connectivity index (χ1n) is 10.6. The molecule has 0 radical (unpaired) electrons. The zero-order valence-corrected chi connectivity index (χ0v) is 18.2. The number of hydrogen-bond donors (Lipinski definition) is 5. The molecule has 9 N–H and O–H groups in total. The fourth-order valence-electron chi connectivity index (χ4n) is 4.22. The SMILES string of the molecule is N[C@@H]1C[C@H](N)CN(c2nc(NCc3ccccc3Cl)nc(N3C[C@H](N)C[C@H](N)C3)n2)C1. The van der Waals surface area contributed by atoms with Crippen LogP contribution in [0.15, 0.2) is 24.3 Å². The van der Waals surface area contributed by atoms with Crippen molar-refractivity contribution in [2.75, 3.05) is 41.3 Å². The van der Waals surface area contributed by atoms with Crippen molar-refractivity contribution in [2.24, 2.45) is 22.9 Å². The van der Waals surface area contributed by atoms with Gasteiger partial charge in [0.25, 0.3) is 0 Å². The van der Waals surface area contributed by atoms with Gasteiger partial charge in [0.2, 0.25) is 17.8 Å². The van der Waals surface area contributed by atoms with Crippen LogP contribution in [0.25, 0.3) is 0 Å². The molecule has 2 fully saturated rings. The van der Waals surface area contributed by atoms with Crippen LogP contribution in [-0.2, 0) is 6.54 Å². The molecule has 0 spiro atoms. The van der Waals surface area contributed by atoms with Crippen LogP contribution in [0.1, 0.15) is 18.4 Å². The van der Waals surface area contributed by atoms with Gasteiger partial charge in [0, 0.05) is 61.9 Å². The highest BCUT2D eigenvalue weighted by Gasteiger charge is 2.28. The van der Waals surface area contributed by atoms with Gasteiger partial charge in [-0.2, -0.15) is 15.0 Å². The van der Waals surface area contributed by atoms with E-state index in [1.807, 2.05) is 34.1 Å². The van der Waals surface area contributed by atoms with Crippen molar-refractivity contribution in [1.82, 2.24) is 15.0 Å². The van der Waals surface area contributed by atoms with E-state index in [1.54, 1.807) is 0 Å². The lowest BCUT2D eigenvalue weighted by molar-refractivity contribution is 0.441. The smallest absolute Gasteiger partial charge is 0.232 e. The molecule has 168 valence electrons. The highest BCUT2D eigenvalue weighted by Crippen LogP contribution is 2.23. The lowest BCUT2D eigenvalue weighted by atomic mass is 10.0. The molecule has 1 aromatic carbocycles. The van der Waals surface area contributed by atoms with Gasteiger partial charge < -0.3 is 38.1 Å². The van der Waals surface area contributed by atoms with Gasteiger partial charge in [-0.25, -0.2) is 0 Å². The summed E-state index contributed by atoms with van der Waals surface area (Å²) in [5.74, 6) is 1.55. The number of piperidine rings is 2. The molecule has 10 nitrogen and oxygen atoms in total. The maximum absolute atomic E-state index is 6.30. The van der Waals surface area contributed by atoms with Crippen molar-refractivity contribution < 1.29 is 0 Å². The van der Waals surface area contributed by atoms with Crippen LogP contribution in [0.4, 0.5) is 17.8 Å². The third-order valence-electron chi connectivity index (χ3n) is 5.60. The Morgan fingerprint density at radius 2 is 1.29 bits per heavy atom. The van der Waals surface area contributed by atoms with Gasteiger partial charge in [-0.15, -0.1) is 0 Å². The molecule has 3 heterocycles. The highest BCUT2D eigenvalue weighted by molar-refractivity contribution is 6.31. The number of halogens is 1. The predicted molar refractivity (Wildman–Crippen MR) is 124 cm³/mol. The van der Waals surface area contributed by atoms with Crippen molar-refractivity contribution in [2.45, 2.75) is 43.6 Å². The predicted octanol–water partition coefficient (Wildman–Crippen LogP) is -0.133. The molecular weight excluding hydrogens is 416 g/mol. The molecular formula is C20H31ClN10. The maximum Gasteiger partial charge on any atom is 0.232 e. The summed E-state index contributed by atoms with van der Waals surface area (Å²) in [7, 11) is 0. The summed E-state index contributed by atoms with van der Waals surface area (Å²) in [6, 6.07) is 7.55. The standard InChI is InChI=1S/C20H31ClN10/c21-17-4-2-1-3-12(17)7-26-18-27-19(30-8-13(22)5-14(23)9-30)29-20(28-18)31-10-15(24)6-16(25)11-31/h1-4,13-16H,5-11,22-25H2,(H,26,27,28,29)/t13-,14+,15-,16+. The molecule has 31 heavy (non-hydrogen) atoms. The molecule has 0 bridgehead atoms. The van der Waals surface area contributed by atoms with Crippen LogP contribution in [0.3, 0.4) is 0 Å². The lowest BCUT2D eigenvalue weighted by Gasteiger charge is -2.37. The summed E-state index contributed by atoms with van der Waals surface area (Å²) in [5.41, 5.74) is 25.7. The van der Waals surface area contributed by atoms with Crippen LogP contribution in [0.2, 0.25) is 5.02 Å². The minimum atomic E-state index is -0.0275. The van der Waals surface area contributed by atoms with Crippen LogP contribution in [0.5, 0.6) is 0 Å². The largest absolute Gasteiger partial charge is 0.350 e. The van der Waals surface area contributed by atoms with Crippen molar-refractivity contribution in [1.29, 1.82) is 0 Å². The molecule has 2 aliphatic rings. The Morgan fingerprint density at radius 3 is 1.77 bits per heavy atom. The second-order valence-corrected chi connectivity index (χ2v) is 8.93. The van der Waals surface area contributed by atoms with E-state index in [2.05, 4.69) is 15.3 Å². The number of nitrogens with two attached hydrogens (primary N) is 4. The first-order chi connectivity index (χ1) is 14.9.